The van der Waals surface area contributed by atoms with Crippen molar-refractivity contribution >= 4 is 5.91 Å². The number of hydrogen-bond donors (Lipinski definition) is 0. The van der Waals surface area contributed by atoms with Crippen LogP contribution in [-0.2, 0) is 4.84 Å². The molecule has 0 aliphatic carbocycles. The fraction of sp³-hybridized carbons (Fsp3) is 0.200. The maximum Gasteiger partial charge on any atom is 0.298 e. The van der Waals surface area contributed by atoms with Crippen LogP contribution in [0.2, 0.25) is 0 Å². The number of carbonyl (C=O) groups excluding carboxylic acids is 1. The molecule has 0 aliphatic heterocycles. The predicted molar refractivity (Wildman–Crippen MR) is 101 cm³/mol. The first-order chi connectivity index (χ1) is 13.1. The van der Waals surface area contributed by atoms with Crippen LogP contribution in [0.5, 0.6) is 11.5 Å². The number of benzene rings is 2. The zero-order valence-electron chi connectivity index (χ0n) is 15.7. The van der Waals surface area contributed by atoms with Gasteiger partial charge in [0.2, 0.25) is 0 Å². The highest BCUT2D eigenvalue weighted by Crippen LogP contribution is 2.34. The van der Waals surface area contributed by atoms with Gasteiger partial charge in [0, 0.05) is 18.8 Å². The summed E-state index contributed by atoms with van der Waals surface area (Å²) in [5.74, 6) is 0.830. The first kappa shape index (κ1) is 18.5. The van der Waals surface area contributed by atoms with E-state index >= 15 is 0 Å². The molecule has 1 aromatic heterocycles. The van der Waals surface area contributed by atoms with E-state index in [2.05, 4.69) is 5.10 Å². The van der Waals surface area contributed by atoms with Crippen molar-refractivity contribution in [2.45, 2.75) is 0 Å². The SMILES string of the molecule is COc1ccc(-c2cn(-c3ccccc3)nc2C(=O)N(C)OC)cc1OC. The summed E-state index contributed by atoms with van der Waals surface area (Å²) in [7, 11) is 6.12. The van der Waals surface area contributed by atoms with Crippen LogP contribution in [0.4, 0.5) is 0 Å². The Morgan fingerprint density at radius 2 is 1.70 bits per heavy atom. The zero-order valence-corrected chi connectivity index (χ0v) is 15.7. The summed E-state index contributed by atoms with van der Waals surface area (Å²) in [6.07, 6.45) is 1.81. The molecule has 0 spiro atoms. The number of hydrogen-bond acceptors (Lipinski definition) is 5. The van der Waals surface area contributed by atoms with Crippen molar-refractivity contribution in [1.82, 2.24) is 14.8 Å². The van der Waals surface area contributed by atoms with Crippen molar-refractivity contribution in [3.05, 3.63) is 60.4 Å². The maximum atomic E-state index is 12.8. The lowest BCUT2D eigenvalue weighted by molar-refractivity contribution is -0.0760. The number of hydroxylamine groups is 2. The molecule has 140 valence electrons. The van der Waals surface area contributed by atoms with Gasteiger partial charge in [-0.2, -0.15) is 5.10 Å². The Labute approximate surface area is 157 Å². The van der Waals surface area contributed by atoms with E-state index in [1.807, 2.05) is 48.7 Å². The topological polar surface area (TPSA) is 65.8 Å². The Kier molecular flexibility index (Phi) is 5.42. The van der Waals surface area contributed by atoms with Gasteiger partial charge in [-0.3, -0.25) is 9.63 Å². The molecule has 7 heteroatoms. The average Bonchev–Trinajstić information content (AvgIpc) is 3.18. The zero-order chi connectivity index (χ0) is 19.4. The second-order valence-corrected chi connectivity index (χ2v) is 5.73. The van der Waals surface area contributed by atoms with Gasteiger partial charge in [0.05, 0.1) is 27.0 Å². The molecule has 0 saturated carbocycles. The molecule has 3 aromatic rings. The van der Waals surface area contributed by atoms with Crippen molar-refractivity contribution < 1.29 is 19.1 Å². The molecule has 0 atom stereocenters. The van der Waals surface area contributed by atoms with Gasteiger partial charge < -0.3 is 9.47 Å². The van der Waals surface area contributed by atoms with E-state index in [9.17, 15) is 4.79 Å². The van der Waals surface area contributed by atoms with Crippen LogP contribution in [0.1, 0.15) is 10.5 Å². The number of nitrogens with zero attached hydrogens (tertiary/aromatic N) is 3. The van der Waals surface area contributed by atoms with Gasteiger partial charge in [-0.25, -0.2) is 9.75 Å². The van der Waals surface area contributed by atoms with Crippen LogP contribution in [0, 0.1) is 0 Å². The molecule has 1 heterocycles. The summed E-state index contributed by atoms with van der Waals surface area (Å²) in [5, 5.41) is 5.64. The van der Waals surface area contributed by atoms with E-state index in [1.165, 1.54) is 7.11 Å². The van der Waals surface area contributed by atoms with Gasteiger partial charge in [-0.15, -0.1) is 0 Å². The monoisotopic (exact) mass is 367 g/mol. The Morgan fingerprint density at radius 1 is 1.00 bits per heavy atom. The van der Waals surface area contributed by atoms with Gasteiger partial charge in [0.25, 0.3) is 5.91 Å². The third-order valence-electron chi connectivity index (χ3n) is 4.19. The Hall–Kier alpha value is -3.32. The summed E-state index contributed by atoms with van der Waals surface area (Å²) >= 11 is 0. The van der Waals surface area contributed by atoms with Crippen molar-refractivity contribution in [3.63, 3.8) is 0 Å². The predicted octanol–water partition coefficient (Wildman–Crippen LogP) is 3.19. The average molecular weight is 367 g/mol. The molecule has 0 saturated heterocycles. The maximum absolute atomic E-state index is 12.8. The molecule has 0 bridgehead atoms. The lowest BCUT2D eigenvalue weighted by atomic mass is 10.1. The van der Waals surface area contributed by atoms with E-state index < -0.39 is 0 Å². The minimum Gasteiger partial charge on any atom is -0.493 e. The third-order valence-corrected chi connectivity index (χ3v) is 4.19. The van der Waals surface area contributed by atoms with E-state index in [0.717, 1.165) is 16.3 Å². The molecular weight excluding hydrogens is 346 g/mol. The molecule has 0 fully saturated rings. The van der Waals surface area contributed by atoms with Crippen LogP contribution in [0.3, 0.4) is 0 Å². The number of methoxy groups -OCH3 is 2. The van der Waals surface area contributed by atoms with Crippen molar-refractivity contribution in [3.8, 4) is 28.3 Å². The minimum absolute atomic E-state index is 0.274. The third kappa shape index (κ3) is 3.63. The highest BCUT2D eigenvalue weighted by Gasteiger charge is 2.23. The summed E-state index contributed by atoms with van der Waals surface area (Å²) in [4.78, 5) is 17.8. The van der Waals surface area contributed by atoms with Crippen LogP contribution >= 0.6 is 0 Å². The molecule has 1 amide bonds. The Morgan fingerprint density at radius 3 is 2.33 bits per heavy atom. The largest absolute Gasteiger partial charge is 0.493 e. The number of ether oxygens (including phenoxy) is 2. The normalized spacial score (nSPS) is 10.5. The molecule has 0 N–H and O–H groups in total. The summed E-state index contributed by atoms with van der Waals surface area (Å²) in [6, 6.07) is 15.0. The smallest absolute Gasteiger partial charge is 0.298 e. The van der Waals surface area contributed by atoms with Gasteiger partial charge in [-0.1, -0.05) is 24.3 Å². The fourth-order valence-electron chi connectivity index (χ4n) is 2.69. The molecular formula is C20H21N3O4. The first-order valence-electron chi connectivity index (χ1n) is 8.28. The summed E-state index contributed by atoms with van der Waals surface area (Å²) in [5.41, 5.74) is 2.56. The second kappa shape index (κ2) is 7.92. The standard InChI is InChI=1S/C20H21N3O4/c1-22(27-4)20(24)19-16(13-23(21-19)15-8-6-5-7-9-15)14-10-11-17(25-2)18(12-14)26-3/h5-13H,1-4H3. The Bertz CT molecular complexity index is 938. The molecule has 27 heavy (non-hydrogen) atoms. The van der Waals surface area contributed by atoms with Crippen LogP contribution in [0.15, 0.2) is 54.7 Å². The fourth-order valence-corrected chi connectivity index (χ4v) is 2.69. The highest BCUT2D eigenvalue weighted by molar-refractivity contribution is 5.98. The summed E-state index contributed by atoms with van der Waals surface area (Å²) < 4.78 is 12.3. The number of carbonyl (C=O) groups is 1. The lowest BCUT2D eigenvalue weighted by Gasteiger charge is -2.13. The van der Waals surface area contributed by atoms with E-state index in [0.29, 0.717) is 17.1 Å². The van der Waals surface area contributed by atoms with Gasteiger partial charge >= 0.3 is 0 Å². The van der Waals surface area contributed by atoms with Crippen molar-refractivity contribution in [1.29, 1.82) is 0 Å². The first-order valence-corrected chi connectivity index (χ1v) is 8.28. The number of rotatable bonds is 6. The van der Waals surface area contributed by atoms with E-state index in [1.54, 1.807) is 32.0 Å². The minimum atomic E-state index is -0.350. The van der Waals surface area contributed by atoms with E-state index in [-0.39, 0.29) is 11.6 Å². The lowest BCUT2D eigenvalue weighted by Crippen LogP contribution is -2.26. The molecule has 3 rings (SSSR count). The van der Waals surface area contributed by atoms with Crippen LogP contribution in [0.25, 0.3) is 16.8 Å². The number of amides is 1. The summed E-state index contributed by atoms with van der Waals surface area (Å²) in [6.45, 7) is 0. The Balaban J connectivity index is 2.15. The van der Waals surface area contributed by atoms with E-state index in [4.69, 9.17) is 14.3 Å². The van der Waals surface area contributed by atoms with Gasteiger partial charge in [-0.05, 0) is 29.8 Å². The molecule has 7 nitrogen and oxygen atoms in total. The molecule has 0 aliphatic rings. The van der Waals surface area contributed by atoms with Crippen LogP contribution < -0.4 is 9.47 Å². The quantitative estimate of drug-likeness (QED) is 0.626. The second-order valence-electron chi connectivity index (χ2n) is 5.73. The number of aromatic nitrogens is 2. The molecule has 0 radical (unpaired) electrons. The van der Waals surface area contributed by atoms with Crippen LogP contribution in [-0.4, -0.2) is 49.1 Å². The highest BCUT2D eigenvalue weighted by atomic mass is 16.7. The molecule has 2 aromatic carbocycles. The van der Waals surface area contributed by atoms with Crippen molar-refractivity contribution in [2.75, 3.05) is 28.4 Å². The number of para-hydroxylation sites is 1. The van der Waals surface area contributed by atoms with Crippen molar-refractivity contribution in [2.24, 2.45) is 0 Å². The van der Waals surface area contributed by atoms with Gasteiger partial charge in [0.1, 0.15) is 0 Å². The van der Waals surface area contributed by atoms with Gasteiger partial charge in [0.15, 0.2) is 17.2 Å². The molecule has 0 unspecified atom stereocenters.